The smallest absolute Gasteiger partial charge is 0.167 e. The van der Waals surface area contributed by atoms with E-state index >= 15 is 0 Å². The van der Waals surface area contributed by atoms with Gasteiger partial charge in [0.05, 0.1) is 7.11 Å². The highest BCUT2D eigenvalue weighted by Crippen LogP contribution is 2.37. The molecule has 0 saturated heterocycles. The zero-order valence-corrected chi connectivity index (χ0v) is 19.5. The first-order chi connectivity index (χ1) is 14.5. The van der Waals surface area contributed by atoms with E-state index in [0.717, 1.165) is 22.0 Å². The molecule has 3 aromatic rings. The van der Waals surface area contributed by atoms with Gasteiger partial charge in [-0.05, 0) is 48.9 Å². The molecule has 0 atom stereocenters. The summed E-state index contributed by atoms with van der Waals surface area (Å²) in [7, 11) is 1.58. The van der Waals surface area contributed by atoms with Gasteiger partial charge in [-0.3, -0.25) is 0 Å². The predicted octanol–water partition coefficient (Wildman–Crippen LogP) is 6.81. The van der Waals surface area contributed by atoms with Gasteiger partial charge in [0.25, 0.3) is 0 Å². The van der Waals surface area contributed by atoms with E-state index in [1.807, 2.05) is 24.3 Å². The van der Waals surface area contributed by atoms with E-state index in [1.54, 1.807) is 31.4 Å². The highest BCUT2D eigenvalue weighted by Gasteiger charge is 2.15. The molecule has 3 rings (SSSR count). The Morgan fingerprint density at radius 1 is 1.03 bits per heavy atom. The van der Waals surface area contributed by atoms with E-state index in [0.29, 0.717) is 40.2 Å². The van der Waals surface area contributed by atoms with E-state index in [9.17, 15) is 4.39 Å². The first kappa shape index (κ1) is 22.9. The first-order valence-corrected chi connectivity index (χ1v) is 10.9. The molecule has 0 unspecified atom stereocenters. The standard InChI is InChI=1S/C23H21BrCl2FNO2/c1-29-22-9-8-19(24)18(23(22)30-14-16-4-2-3-5-21(16)27)13-28-11-10-15-6-7-17(25)12-20(15)26/h2-9,12,28H,10-11,13-14H2,1H3. The Kier molecular flexibility index (Phi) is 8.40. The Bertz CT molecular complexity index is 1020. The summed E-state index contributed by atoms with van der Waals surface area (Å²) >= 11 is 15.8. The summed E-state index contributed by atoms with van der Waals surface area (Å²) in [6, 6.07) is 15.8. The summed E-state index contributed by atoms with van der Waals surface area (Å²) in [5.74, 6) is 0.866. The van der Waals surface area contributed by atoms with Crippen LogP contribution in [0.15, 0.2) is 59.1 Å². The molecule has 0 spiro atoms. The van der Waals surface area contributed by atoms with Gasteiger partial charge < -0.3 is 14.8 Å². The van der Waals surface area contributed by atoms with Crippen LogP contribution in [0.25, 0.3) is 0 Å². The monoisotopic (exact) mass is 511 g/mol. The van der Waals surface area contributed by atoms with E-state index < -0.39 is 0 Å². The highest BCUT2D eigenvalue weighted by molar-refractivity contribution is 9.10. The average molecular weight is 513 g/mol. The van der Waals surface area contributed by atoms with E-state index in [1.165, 1.54) is 6.07 Å². The maximum absolute atomic E-state index is 14.0. The van der Waals surface area contributed by atoms with Crippen molar-refractivity contribution in [1.82, 2.24) is 5.32 Å². The molecule has 0 aliphatic carbocycles. The van der Waals surface area contributed by atoms with Crippen LogP contribution < -0.4 is 14.8 Å². The quantitative estimate of drug-likeness (QED) is 0.319. The van der Waals surface area contributed by atoms with Crippen LogP contribution in [0.4, 0.5) is 4.39 Å². The Morgan fingerprint density at radius 3 is 2.57 bits per heavy atom. The maximum atomic E-state index is 14.0. The summed E-state index contributed by atoms with van der Waals surface area (Å²) in [6.45, 7) is 1.35. The SMILES string of the molecule is COc1ccc(Br)c(CNCCc2ccc(Cl)cc2Cl)c1OCc1ccccc1F. The van der Waals surface area contributed by atoms with Crippen LogP contribution in [0.1, 0.15) is 16.7 Å². The second-order valence-corrected chi connectivity index (χ2v) is 8.30. The molecule has 0 bridgehead atoms. The second-order valence-electron chi connectivity index (χ2n) is 6.60. The van der Waals surface area contributed by atoms with Crippen LogP contribution in [-0.4, -0.2) is 13.7 Å². The van der Waals surface area contributed by atoms with Crippen LogP contribution in [0.5, 0.6) is 11.5 Å². The number of nitrogens with one attached hydrogen (secondary N) is 1. The molecule has 0 radical (unpaired) electrons. The Labute approximate surface area is 194 Å². The highest BCUT2D eigenvalue weighted by atomic mass is 79.9. The summed E-state index contributed by atoms with van der Waals surface area (Å²) in [4.78, 5) is 0. The average Bonchev–Trinajstić information content (AvgIpc) is 2.73. The zero-order valence-electron chi connectivity index (χ0n) is 16.4. The van der Waals surface area contributed by atoms with E-state index in [-0.39, 0.29) is 12.4 Å². The number of halogens is 4. The summed E-state index contributed by atoms with van der Waals surface area (Å²) in [5.41, 5.74) is 2.40. The number of rotatable bonds is 9. The number of hydrogen-bond donors (Lipinski definition) is 1. The molecule has 7 heteroatoms. The van der Waals surface area contributed by atoms with Crippen molar-refractivity contribution >= 4 is 39.1 Å². The Balaban J connectivity index is 1.69. The lowest BCUT2D eigenvalue weighted by Crippen LogP contribution is -2.18. The molecule has 0 saturated carbocycles. The molecule has 0 heterocycles. The summed E-state index contributed by atoms with van der Waals surface area (Å²) < 4.78 is 26.3. The van der Waals surface area contributed by atoms with Crippen molar-refractivity contribution in [3.63, 3.8) is 0 Å². The zero-order chi connectivity index (χ0) is 21.5. The van der Waals surface area contributed by atoms with E-state index in [4.69, 9.17) is 32.7 Å². The number of ether oxygens (including phenoxy) is 2. The predicted molar refractivity (Wildman–Crippen MR) is 123 cm³/mol. The van der Waals surface area contributed by atoms with Gasteiger partial charge in [-0.1, -0.05) is 63.4 Å². The molecule has 0 fully saturated rings. The van der Waals surface area contributed by atoms with Crippen molar-refractivity contribution in [3.05, 3.63) is 91.6 Å². The normalized spacial score (nSPS) is 10.8. The third-order valence-corrected chi connectivity index (χ3v) is 5.93. The van der Waals surface area contributed by atoms with Crippen LogP contribution in [-0.2, 0) is 19.6 Å². The lowest BCUT2D eigenvalue weighted by molar-refractivity contribution is 0.275. The molecule has 30 heavy (non-hydrogen) atoms. The number of methoxy groups -OCH3 is 1. The summed E-state index contributed by atoms with van der Waals surface area (Å²) in [5, 5.41) is 4.68. The van der Waals surface area contributed by atoms with Crippen molar-refractivity contribution in [1.29, 1.82) is 0 Å². The largest absolute Gasteiger partial charge is 0.493 e. The third-order valence-electron chi connectivity index (χ3n) is 4.60. The lowest BCUT2D eigenvalue weighted by atomic mass is 10.1. The molecule has 3 nitrogen and oxygen atoms in total. The summed E-state index contributed by atoms with van der Waals surface area (Å²) in [6.07, 6.45) is 0.753. The van der Waals surface area contributed by atoms with Crippen molar-refractivity contribution < 1.29 is 13.9 Å². The van der Waals surface area contributed by atoms with Gasteiger partial charge in [-0.15, -0.1) is 0 Å². The molecule has 0 aliphatic heterocycles. The van der Waals surface area contributed by atoms with Gasteiger partial charge in [0, 0.05) is 32.2 Å². The number of benzene rings is 3. The fourth-order valence-electron chi connectivity index (χ4n) is 2.99. The van der Waals surface area contributed by atoms with Gasteiger partial charge in [0.1, 0.15) is 12.4 Å². The Hall–Kier alpha value is -1.79. The van der Waals surface area contributed by atoms with Gasteiger partial charge in [0.2, 0.25) is 0 Å². The lowest BCUT2D eigenvalue weighted by Gasteiger charge is -2.17. The minimum atomic E-state index is -0.300. The van der Waals surface area contributed by atoms with Gasteiger partial charge in [-0.2, -0.15) is 0 Å². The van der Waals surface area contributed by atoms with Crippen molar-refractivity contribution in [2.75, 3.05) is 13.7 Å². The third kappa shape index (κ3) is 5.88. The fourth-order valence-corrected chi connectivity index (χ4v) is 3.95. The van der Waals surface area contributed by atoms with Crippen LogP contribution in [0.3, 0.4) is 0 Å². The van der Waals surface area contributed by atoms with E-state index in [2.05, 4.69) is 21.2 Å². The van der Waals surface area contributed by atoms with Gasteiger partial charge in [-0.25, -0.2) is 4.39 Å². The van der Waals surface area contributed by atoms with Crippen molar-refractivity contribution in [2.24, 2.45) is 0 Å². The molecule has 0 aromatic heterocycles. The first-order valence-electron chi connectivity index (χ1n) is 9.35. The topological polar surface area (TPSA) is 30.5 Å². The minimum absolute atomic E-state index is 0.104. The fraction of sp³-hybridized carbons (Fsp3) is 0.217. The minimum Gasteiger partial charge on any atom is -0.493 e. The van der Waals surface area contributed by atoms with Crippen molar-refractivity contribution in [3.8, 4) is 11.5 Å². The maximum Gasteiger partial charge on any atom is 0.167 e. The molecular weight excluding hydrogens is 492 g/mol. The molecular formula is C23H21BrCl2FNO2. The molecule has 0 amide bonds. The Morgan fingerprint density at radius 2 is 1.83 bits per heavy atom. The van der Waals surface area contributed by atoms with Gasteiger partial charge >= 0.3 is 0 Å². The molecule has 1 N–H and O–H groups in total. The van der Waals surface area contributed by atoms with Crippen LogP contribution >= 0.6 is 39.1 Å². The molecule has 0 aliphatic rings. The van der Waals surface area contributed by atoms with Crippen LogP contribution in [0.2, 0.25) is 10.0 Å². The van der Waals surface area contributed by atoms with Crippen molar-refractivity contribution in [2.45, 2.75) is 19.6 Å². The molecule has 3 aromatic carbocycles. The molecule has 158 valence electrons. The van der Waals surface area contributed by atoms with Crippen LogP contribution in [0, 0.1) is 5.82 Å². The number of hydrogen-bond acceptors (Lipinski definition) is 3. The second kappa shape index (κ2) is 11.0. The van der Waals surface area contributed by atoms with Gasteiger partial charge in [0.15, 0.2) is 11.5 Å².